The Kier molecular flexibility index (Phi) is 5.96. The van der Waals surface area contributed by atoms with Gasteiger partial charge in [-0.1, -0.05) is 0 Å². The summed E-state index contributed by atoms with van der Waals surface area (Å²) < 4.78 is 2.20. The maximum Gasteiger partial charge on any atom is 0.127 e. The van der Waals surface area contributed by atoms with Gasteiger partial charge in [-0.3, -0.25) is 0 Å². The van der Waals surface area contributed by atoms with Crippen LogP contribution in [-0.4, -0.2) is 35.2 Å². The lowest BCUT2D eigenvalue weighted by Crippen LogP contribution is -2.00. The first-order valence-electron chi connectivity index (χ1n) is 11.8. The predicted molar refractivity (Wildman–Crippen MR) is 143 cm³/mol. The molecule has 1 aromatic heterocycles. The van der Waals surface area contributed by atoms with E-state index in [1.807, 2.05) is 36.4 Å². The third-order valence-corrected chi connectivity index (χ3v) is 6.49. The van der Waals surface area contributed by atoms with Crippen LogP contribution in [0.1, 0.15) is 18.1 Å². The molecule has 0 radical (unpaired) electrons. The fourth-order valence-electron chi connectivity index (χ4n) is 4.66. The summed E-state index contributed by atoms with van der Waals surface area (Å²) in [5.74, 6) is -1.23. The van der Waals surface area contributed by atoms with Crippen molar-refractivity contribution >= 4 is 33.2 Å². The Morgan fingerprint density at radius 1 is 0.568 bits per heavy atom. The molecule has 8 N–H and O–H groups in total. The lowest BCUT2D eigenvalue weighted by molar-refractivity contribution is 0.418. The van der Waals surface area contributed by atoms with Crippen molar-refractivity contribution in [3.8, 4) is 34.5 Å². The van der Waals surface area contributed by atoms with E-state index >= 15 is 0 Å². The largest absolute Gasteiger partial charge is 0.508 e. The van der Waals surface area contributed by atoms with Crippen LogP contribution in [0.15, 0.2) is 60.7 Å². The lowest BCUT2D eigenvalue weighted by Gasteiger charge is -2.11. The molecule has 0 aliphatic heterocycles. The van der Waals surface area contributed by atoms with Crippen molar-refractivity contribution < 1.29 is 30.6 Å². The van der Waals surface area contributed by atoms with Gasteiger partial charge in [-0.2, -0.15) is 0 Å². The molecule has 37 heavy (non-hydrogen) atoms. The minimum Gasteiger partial charge on any atom is -0.508 e. The minimum atomic E-state index is -0.215. The number of hydrogen-bond donors (Lipinski definition) is 8. The SMILES string of the molecule is CCn1c2ccc(NCc3c(O)cc(O)cc3O)cc2c2cc(NCc3c(O)cc(O)cc3O)ccc21. The number of phenolic OH excluding ortho intramolecular Hbond substituents is 6. The van der Waals surface area contributed by atoms with Crippen LogP contribution in [0.4, 0.5) is 11.4 Å². The molecule has 0 aliphatic rings. The summed E-state index contributed by atoms with van der Waals surface area (Å²) in [5.41, 5.74) is 4.22. The first kappa shape index (κ1) is 23.8. The summed E-state index contributed by atoms with van der Waals surface area (Å²) in [6, 6.07) is 16.6. The Hall–Kier alpha value is -4.92. The van der Waals surface area contributed by atoms with Crippen LogP contribution in [0.2, 0.25) is 0 Å². The maximum atomic E-state index is 10.1. The van der Waals surface area contributed by atoms with Crippen LogP contribution >= 0.6 is 0 Å². The van der Waals surface area contributed by atoms with Gasteiger partial charge in [0.05, 0.1) is 11.1 Å². The first-order valence-corrected chi connectivity index (χ1v) is 11.8. The van der Waals surface area contributed by atoms with E-state index in [0.717, 1.165) is 39.7 Å². The quantitative estimate of drug-likeness (QED) is 0.150. The maximum absolute atomic E-state index is 10.1. The molecule has 0 fully saturated rings. The van der Waals surface area contributed by atoms with Gasteiger partial charge in [0.2, 0.25) is 0 Å². The second-order valence-electron chi connectivity index (χ2n) is 8.84. The van der Waals surface area contributed by atoms with Crippen LogP contribution in [0.3, 0.4) is 0 Å². The van der Waals surface area contributed by atoms with Crippen LogP contribution in [-0.2, 0) is 19.6 Å². The number of phenols is 6. The van der Waals surface area contributed by atoms with E-state index in [1.54, 1.807) is 0 Å². The summed E-state index contributed by atoms with van der Waals surface area (Å²) in [6.45, 7) is 3.15. The molecule has 0 amide bonds. The van der Waals surface area contributed by atoms with Crippen LogP contribution in [0.25, 0.3) is 21.8 Å². The van der Waals surface area contributed by atoms with Crippen molar-refractivity contribution in [2.45, 2.75) is 26.6 Å². The Morgan fingerprint density at radius 2 is 0.946 bits per heavy atom. The molecule has 9 nitrogen and oxygen atoms in total. The number of anilines is 2. The standard InChI is InChI=1S/C28H27N3O6/c1-2-31-23-5-3-15(29-13-21-25(34)9-17(32)10-26(21)35)7-19(23)20-8-16(4-6-24(20)31)30-14-22-27(36)11-18(33)12-28(22)37/h3-12,29-30,32-37H,2,13-14H2,1H3. The molecule has 0 saturated carbocycles. The Labute approximate surface area is 212 Å². The highest BCUT2D eigenvalue weighted by Crippen LogP contribution is 2.36. The number of benzene rings is 4. The van der Waals surface area contributed by atoms with E-state index in [2.05, 4.69) is 22.1 Å². The smallest absolute Gasteiger partial charge is 0.127 e. The third-order valence-electron chi connectivity index (χ3n) is 6.49. The highest BCUT2D eigenvalue weighted by Gasteiger charge is 2.14. The van der Waals surface area contributed by atoms with Crippen LogP contribution < -0.4 is 10.6 Å². The number of aromatic hydroxyl groups is 6. The van der Waals surface area contributed by atoms with E-state index in [1.165, 1.54) is 24.3 Å². The second-order valence-corrected chi connectivity index (χ2v) is 8.84. The fraction of sp³-hybridized carbons (Fsp3) is 0.143. The number of hydrogen-bond acceptors (Lipinski definition) is 8. The number of nitrogens with one attached hydrogen (secondary N) is 2. The van der Waals surface area contributed by atoms with E-state index in [-0.39, 0.29) is 58.7 Å². The molecule has 0 atom stereocenters. The third kappa shape index (κ3) is 4.42. The second kappa shape index (κ2) is 9.27. The Balaban J connectivity index is 1.46. The predicted octanol–water partition coefficient (Wildman–Crippen LogP) is 5.27. The van der Waals surface area contributed by atoms with Gasteiger partial charge in [0.1, 0.15) is 34.5 Å². The van der Waals surface area contributed by atoms with Crippen molar-refractivity contribution in [3.63, 3.8) is 0 Å². The van der Waals surface area contributed by atoms with Gasteiger partial charge in [-0.15, -0.1) is 0 Å². The van der Waals surface area contributed by atoms with E-state index < -0.39 is 0 Å². The molecule has 9 heteroatoms. The molecule has 5 aromatic rings. The molecule has 0 spiro atoms. The lowest BCUT2D eigenvalue weighted by atomic mass is 10.1. The average molecular weight is 502 g/mol. The monoisotopic (exact) mass is 501 g/mol. The molecule has 0 bridgehead atoms. The molecule has 190 valence electrons. The number of aryl methyl sites for hydroxylation is 1. The molecule has 0 aliphatic carbocycles. The molecular weight excluding hydrogens is 474 g/mol. The summed E-state index contributed by atoms with van der Waals surface area (Å²) in [6.07, 6.45) is 0. The van der Waals surface area contributed by atoms with Crippen molar-refractivity contribution in [2.75, 3.05) is 10.6 Å². The van der Waals surface area contributed by atoms with Gasteiger partial charge in [-0.25, -0.2) is 0 Å². The van der Waals surface area contributed by atoms with Crippen molar-refractivity contribution in [1.29, 1.82) is 0 Å². The summed E-state index contributed by atoms with van der Waals surface area (Å²) in [4.78, 5) is 0. The van der Waals surface area contributed by atoms with E-state index in [0.29, 0.717) is 0 Å². The summed E-state index contributed by atoms with van der Waals surface area (Å²) in [7, 11) is 0. The highest BCUT2D eigenvalue weighted by molar-refractivity contribution is 6.10. The minimum absolute atomic E-state index is 0.155. The zero-order valence-electron chi connectivity index (χ0n) is 20.0. The molecule has 0 unspecified atom stereocenters. The molecule has 5 rings (SSSR count). The first-order chi connectivity index (χ1) is 17.7. The van der Waals surface area contributed by atoms with Gasteiger partial charge in [-0.05, 0) is 43.3 Å². The number of fused-ring (bicyclic) bond motifs is 3. The molecular formula is C28H27N3O6. The molecule has 0 saturated heterocycles. The highest BCUT2D eigenvalue weighted by atomic mass is 16.3. The van der Waals surface area contributed by atoms with Gasteiger partial charge >= 0.3 is 0 Å². The fourth-order valence-corrected chi connectivity index (χ4v) is 4.66. The van der Waals surface area contributed by atoms with Crippen LogP contribution in [0.5, 0.6) is 34.5 Å². The van der Waals surface area contributed by atoms with Crippen LogP contribution in [0, 0.1) is 0 Å². The Morgan fingerprint density at radius 3 is 1.30 bits per heavy atom. The topological polar surface area (TPSA) is 150 Å². The molecule has 1 heterocycles. The number of aromatic nitrogens is 1. The summed E-state index contributed by atoms with van der Waals surface area (Å²) >= 11 is 0. The van der Waals surface area contributed by atoms with Gasteiger partial charge in [0.15, 0.2) is 0 Å². The Bertz CT molecular complexity index is 1480. The zero-order chi connectivity index (χ0) is 26.3. The van der Waals surface area contributed by atoms with Crippen molar-refractivity contribution in [3.05, 3.63) is 71.8 Å². The van der Waals surface area contributed by atoms with Gasteiger partial charge in [0.25, 0.3) is 0 Å². The van der Waals surface area contributed by atoms with Crippen molar-refractivity contribution in [2.24, 2.45) is 0 Å². The van der Waals surface area contributed by atoms with Crippen molar-refractivity contribution in [1.82, 2.24) is 4.57 Å². The van der Waals surface area contributed by atoms with Gasteiger partial charge in [0, 0.05) is 77.1 Å². The number of nitrogens with zero attached hydrogens (tertiary/aromatic N) is 1. The number of rotatable bonds is 7. The normalized spacial score (nSPS) is 11.3. The molecule has 4 aromatic carbocycles. The zero-order valence-corrected chi connectivity index (χ0v) is 20.0. The van der Waals surface area contributed by atoms with E-state index in [4.69, 9.17) is 0 Å². The summed E-state index contributed by atoms with van der Waals surface area (Å²) in [5, 5.41) is 67.9. The average Bonchev–Trinajstić information content (AvgIpc) is 3.15. The van der Waals surface area contributed by atoms with Gasteiger partial charge < -0.3 is 45.8 Å². The van der Waals surface area contributed by atoms with E-state index in [9.17, 15) is 30.6 Å².